The average molecular weight is 551 g/mol. The molecule has 2 amide bonds. The number of benzene rings is 3. The number of ether oxygens (including phenoxy) is 2. The number of aryl methyl sites for hydroxylation is 1. The minimum atomic E-state index is -0.626. The Bertz CT molecular complexity index is 1180. The lowest BCUT2D eigenvalue weighted by atomic mass is 10.0. The summed E-state index contributed by atoms with van der Waals surface area (Å²) in [6.45, 7) is 3.79. The molecule has 1 unspecified atom stereocenters. The molecule has 1 heterocycles. The van der Waals surface area contributed by atoms with Gasteiger partial charge in [0, 0.05) is 30.4 Å². The van der Waals surface area contributed by atoms with Crippen LogP contribution in [0, 0.1) is 0 Å². The Labute approximate surface area is 220 Å². The van der Waals surface area contributed by atoms with Crippen LogP contribution in [0.5, 0.6) is 11.5 Å². The third kappa shape index (κ3) is 6.88. The van der Waals surface area contributed by atoms with Gasteiger partial charge in [-0.25, -0.2) is 0 Å². The maximum atomic E-state index is 13.7. The molecule has 1 aliphatic heterocycles. The Balaban J connectivity index is 1.58. The summed E-state index contributed by atoms with van der Waals surface area (Å²) < 4.78 is 12.2. The third-order valence-electron chi connectivity index (χ3n) is 6.10. The highest BCUT2D eigenvalue weighted by Crippen LogP contribution is 2.31. The lowest BCUT2D eigenvalue weighted by Crippen LogP contribution is -2.50. The SMILES string of the molecule is CCNC(=O)C(Cc1ccccc1)N(Cc1cccc(Br)c1)C(=O)CCc1ccc2c(c1)OCCO2. The van der Waals surface area contributed by atoms with E-state index >= 15 is 0 Å². The summed E-state index contributed by atoms with van der Waals surface area (Å²) in [6, 6.07) is 22.8. The molecule has 3 aromatic rings. The third-order valence-corrected chi connectivity index (χ3v) is 6.59. The van der Waals surface area contributed by atoms with E-state index in [2.05, 4.69) is 21.2 Å². The van der Waals surface area contributed by atoms with Gasteiger partial charge in [0.15, 0.2) is 11.5 Å². The van der Waals surface area contributed by atoms with Crippen LogP contribution in [0.4, 0.5) is 0 Å². The Morgan fingerprint density at radius 2 is 1.67 bits per heavy atom. The molecule has 0 aromatic heterocycles. The lowest BCUT2D eigenvalue weighted by Gasteiger charge is -2.31. The summed E-state index contributed by atoms with van der Waals surface area (Å²) in [7, 11) is 0. The molecule has 0 radical (unpaired) electrons. The van der Waals surface area contributed by atoms with Gasteiger partial charge in [-0.05, 0) is 54.3 Å². The van der Waals surface area contributed by atoms with Crippen LogP contribution in [-0.4, -0.2) is 42.5 Å². The first kappa shape index (κ1) is 25.8. The number of hydrogen-bond donors (Lipinski definition) is 1. The molecule has 3 aromatic carbocycles. The van der Waals surface area contributed by atoms with E-state index in [-0.39, 0.29) is 18.2 Å². The van der Waals surface area contributed by atoms with Crippen molar-refractivity contribution in [1.29, 1.82) is 0 Å². The zero-order chi connectivity index (χ0) is 25.3. The van der Waals surface area contributed by atoms with Crippen LogP contribution >= 0.6 is 15.9 Å². The van der Waals surface area contributed by atoms with Gasteiger partial charge in [0.1, 0.15) is 19.3 Å². The second-order valence-corrected chi connectivity index (χ2v) is 9.65. The Kier molecular flexibility index (Phi) is 9.01. The van der Waals surface area contributed by atoms with E-state index in [1.807, 2.05) is 79.7 Å². The highest BCUT2D eigenvalue weighted by Gasteiger charge is 2.30. The quantitative estimate of drug-likeness (QED) is 0.388. The van der Waals surface area contributed by atoms with Crippen LogP contribution in [0.15, 0.2) is 77.3 Å². The Morgan fingerprint density at radius 1 is 0.917 bits per heavy atom. The largest absolute Gasteiger partial charge is 0.486 e. The topological polar surface area (TPSA) is 67.9 Å². The van der Waals surface area contributed by atoms with Crippen LogP contribution in [0.3, 0.4) is 0 Å². The summed E-state index contributed by atoms with van der Waals surface area (Å²) in [6.07, 6.45) is 1.26. The van der Waals surface area contributed by atoms with Crippen molar-refractivity contribution in [3.05, 3.63) is 94.0 Å². The monoisotopic (exact) mass is 550 g/mol. The van der Waals surface area contributed by atoms with E-state index < -0.39 is 6.04 Å². The number of carbonyl (C=O) groups excluding carboxylic acids is 2. The second kappa shape index (κ2) is 12.6. The zero-order valence-corrected chi connectivity index (χ0v) is 22.0. The Hall–Kier alpha value is -3.32. The normalized spacial score (nSPS) is 13.1. The van der Waals surface area contributed by atoms with Crippen LogP contribution in [0.1, 0.15) is 30.0 Å². The van der Waals surface area contributed by atoms with Gasteiger partial charge in [0.05, 0.1) is 0 Å². The van der Waals surface area contributed by atoms with Crippen LogP contribution in [-0.2, 0) is 29.0 Å². The number of carbonyl (C=O) groups is 2. The highest BCUT2D eigenvalue weighted by molar-refractivity contribution is 9.10. The van der Waals surface area contributed by atoms with Crippen LogP contribution in [0.2, 0.25) is 0 Å². The van der Waals surface area contributed by atoms with Gasteiger partial charge < -0.3 is 19.7 Å². The van der Waals surface area contributed by atoms with E-state index in [4.69, 9.17) is 9.47 Å². The van der Waals surface area contributed by atoms with Crippen molar-refractivity contribution < 1.29 is 19.1 Å². The number of halogens is 1. The minimum Gasteiger partial charge on any atom is -0.486 e. The molecule has 0 bridgehead atoms. The summed E-state index contributed by atoms with van der Waals surface area (Å²) in [5.41, 5.74) is 2.96. The molecule has 0 saturated carbocycles. The fourth-order valence-corrected chi connectivity index (χ4v) is 4.76. The number of nitrogens with one attached hydrogen (secondary N) is 1. The fourth-order valence-electron chi connectivity index (χ4n) is 4.32. The van der Waals surface area contributed by atoms with Gasteiger partial charge in [0.25, 0.3) is 0 Å². The predicted molar refractivity (Wildman–Crippen MR) is 143 cm³/mol. The Morgan fingerprint density at radius 3 is 2.42 bits per heavy atom. The van der Waals surface area contributed by atoms with Crippen molar-refractivity contribution in [3.63, 3.8) is 0 Å². The molecule has 0 fully saturated rings. The number of hydrogen-bond acceptors (Lipinski definition) is 4. The number of amides is 2. The van der Waals surface area contributed by atoms with Crippen LogP contribution < -0.4 is 14.8 Å². The van der Waals surface area contributed by atoms with Crippen molar-refractivity contribution in [2.24, 2.45) is 0 Å². The molecule has 7 heteroatoms. The molecular weight excluding hydrogens is 520 g/mol. The molecule has 36 heavy (non-hydrogen) atoms. The van der Waals surface area contributed by atoms with Crippen molar-refractivity contribution >= 4 is 27.7 Å². The maximum Gasteiger partial charge on any atom is 0.243 e. The minimum absolute atomic E-state index is 0.0722. The van der Waals surface area contributed by atoms with E-state index in [1.54, 1.807) is 4.90 Å². The molecular formula is C29H31BrN2O4. The van der Waals surface area contributed by atoms with Crippen molar-refractivity contribution in [3.8, 4) is 11.5 Å². The van der Waals surface area contributed by atoms with E-state index in [0.717, 1.165) is 26.9 Å². The van der Waals surface area contributed by atoms with Crippen LogP contribution in [0.25, 0.3) is 0 Å². The van der Waals surface area contributed by atoms with E-state index in [9.17, 15) is 9.59 Å². The molecule has 188 valence electrons. The molecule has 6 nitrogen and oxygen atoms in total. The van der Waals surface area contributed by atoms with E-state index in [1.165, 1.54) is 0 Å². The zero-order valence-electron chi connectivity index (χ0n) is 20.4. The standard InChI is InChI=1S/C29H31BrN2O4/c1-2-31-29(34)25(18-21-7-4-3-5-8-21)32(20-23-9-6-10-24(30)17-23)28(33)14-12-22-11-13-26-27(19-22)36-16-15-35-26/h3-11,13,17,19,25H,2,12,14-16,18,20H2,1H3,(H,31,34). The predicted octanol–water partition coefficient (Wildman–Crippen LogP) is 4.93. The summed E-state index contributed by atoms with van der Waals surface area (Å²) >= 11 is 3.52. The molecule has 1 aliphatic rings. The first-order chi connectivity index (χ1) is 17.5. The summed E-state index contributed by atoms with van der Waals surface area (Å²) in [4.78, 5) is 28.7. The second-order valence-electron chi connectivity index (χ2n) is 8.73. The fraction of sp³-hybridized carbons (Fsp3) is 0.310. The van der Waals surface area contributed by atoms with E-state index in [0.29, 0.717) is 44.9 Å². The van der Waals surface area contributed by atoms with Gasteiger partial charge in [-0.15, -0.1) is 0 Å². The molecule has 1 N–H and O–H groups in total. The molecule has 1 atom stereocenters. The first-order valence-corrected chi connectivity index (χ1v) is 13.1. The molecule has 0 saturated heterocycles. The molecule has 0 spiro atoms. The van der Waals surface area contributed by atoms with Crippen molar-refractivity contribution in [2.75, 3.05) is 19.8 Å². The maximum absolute atomic E-state index is 13.7. The highest BCUT2D eigenvalue weighted by atomic mass is 79.9. The molecule has 4 rings (SSSR count). The summed E-state index contributed by atoms with van der Waals surface area (Å²) in [5, 5.41) is 2.93. The van der Waals surface area contributed by atoms with Gasteiger partial charge in [0.2, 0.25) is 11.8 Å². The lowest BCUT2D eigenvalue weighted by molar-refractivity contribution is -0.141. The number of nitrogens with zero attached hydrogens (tertiary/aromatic N) is 1. The summed E-state index contributed by atoms with van der Waals surface area (Å²) in [5.74, 6) is 1.22. The van der Waals surface area contributed by atoms with Crippen molar-refractivity contribution in [1.82, 2.24) is 10.2 Å². The number of fused-ring (bicyclic) bond motifs is 1. The smallest absolute Gasteiger partial charge is 0.243 e. The van der Waals surface area contributed by atoms with Gasteiger partial charge in [-0.3, -0.25) is 9.59 Å². The average Bonchev–Trinajstić information content (AvgIpc) is 2.90. The first-order valence-electron chi connectivity index (χ1n) is 12.3. The molecule has 0 aliphatic carbocycles. The van der Waals surface area contributed by atoms with Gasteiger partial charge in [-0.1, -0.05) is 64.5 Å². The van der Waals surface area contributed by atoms with Gasteiger partial charge >= 0.3 is 0 Å². The van der Waals surface area contributed by atoms with Gasteiger partial charge in [-0.2, -0.15) is 0 Å². The number of rotatable bonds is 10. The van der Waals surface area contributed by atoms with Crippen molar-refractivity contribution in [2.45, 2.75) is 38.8 Å². The number of likely N-dealkylation sites (N-methyl/N-ethyl adjacent to an activating group) is 1.